The van der Waals surface area contributed by atoms with Gasteiger partial charge in [0.15, 0.2) is 17.9 Å². The third-order valence-corrected chi connectivity index (χ3v) is 18.4. The lowest BCUT2D eigenvalue weighted by Crippen LogP contribution is -2.62. The summed E-state index contributed by atoms with van der Waals surface area (Å²) in [7, 11) is 0. The Labute approximate surface area is 631 Å². The summed E-state index contributed by atoms with van der Waals surface area (Å²) >= 11 is 0. The van der Waals surface area contributed by atoms with Gasteiger partial charge in [0.25, 0.3) is 0 Å². The molecule has 0 bridgehead atoms. The lowest BCUT2D eigenvalue weighted by Gasteiger charge is -2.31. The molecule has 606 valence electrons. The molecule has 0 aliphatic rings. The number of carbonyl (C=O) groups is 13. The second-order valence-corrected chi connectivity index (χ2v) is 28.3. The van der Waals surface area contributed by atoms with Crippen molar-refractivity contribution in [3.05, 3.63) is 36.0 Å². The van der Waals surface area contributed by atoms with E-state index in [1.807, 2.05) is 0 Å². The minimum atomic E-state index is -1.47. The molecule has 0 saturated carbocycles. The molecule has 38 nitrogen and oxygen atoms in total. The van der Waals surface area contributed by atoms with Gasteiger partial charge in [-0.15, -0.1) is 0 Å². The number of para-hydroxylation sites is 1. The predicted molar refractivity (Wildman–Crippen MR) is 408 cm³/mol. The number of primary amides is 2. The van der Waals surface area contributed by atoms with Gasteiger partial charge in [-0.25, -0.2) is 0 Å². The Morgan fingerprint density at radius 2 is 0.769 bits per heavy atom. The number of guanidine groups is 3. The molecule has 2 rings (SSSR count). The fraction of sp³-hybridized carbons (Fsp3) is 0.657. The van der Waals surface area contributed by atoms with Crippen LogP contribution in [0.25, 0.3) is 10.9 Å². The largest absolute Gasteiger partial charge is 0.370 e. The molecule has 0 radical (unpaired) electrons. The van der Waals surface area contributed by atoms with Crippen molar-refractivity contribution in [2.24, 2.45) is 69.7 Å². The summed E-state index contributed by atoms with van der Waals surface area (Å²) in [5.41, 5.74) is 40.7. The molecule has 108 heavy (non-hydrogen) atoms. The van der Waals surface area contributed by atoms with Crippen molar-refractivity contribution < 1.29 is 62.3 Å². The van der Waals surface area contributed by atoms with Crippen LogP contribution in [0.15, 0.2) is 30.5 Å². The van der Waals surface area contributed by atoms with E-state index in [0.717, 1.165) is 0 Å². The quantitative estimate of drug-likeness (QED) is 0.0171. The first-order valence-corrected chi connectivity index (χ1v) is 36.9. The molecule has 0 unspecified atom stereocenters. The number of rotatable bonds is 51. The van der Waals surface area contributed by atoms with E-state index in [1.165, 1.54) is 6.92 Å². The Morgan fingerprint density at radius 3 is 1.19 bits per heavy atom. The van der Waals surface area contributed by atoms with E-state index in [2.05, 4.69) is 79.4 Å². The Kier molecular flexibility index (Phi) is 41.6. The van der Waals surface area contributed by atoms with Crippen molar-refractivity contribution in [2.75, 3.05) is 26.2 Å². The number of unbranched alkanes of at least 4 members (excludes halogenated alkanes) is 1. The monoisotopic (exact) mass is 1520 g/mol. The van der Waals surface area contributed by atoms with Gasteiger partial charge in [0.2, 0.25) is 76.8 Å². The molecule has 1 aromatic carbocycles. The van der Waals surface area contributed by atoms with Crippen LogP contribution in [0.4, 0.5) is 0 Å². The molecule has 0 spiro atoms. The highest BCUT2D eigenvalue weighted by Crippen LogP contribution is 2.21. The second-order valence-electron chi connectivity index (χ2n) is 28.3. The van der Waals surface area contributed by atoms with E-state index in [9.17, 15) is 62.3 Å². The van der Waals surface area contributed by atoms with Gasteiger partial charge >= 0.3 is 0 Å². The molecule has 1 aromatic heterocycles. The zero-order chi connectivity index (χ0) is 81.7. The highest BCUT2D eigenvalue weighted by molar-refractivity contribution is 6.00. The third kappa shape index (κ3) is 33.2. The maximum absolute atomic E-state index is 14.9. The van der Waals surface area contributed by atoms with Crippen molar-refractivity contribution >= 4 is 106 Å². The van der Waals surface area contributed by atoms with Gasteiger partial charge < -0.3 is 120 Å². The molecule has 0 fully saturated rings. The van der Waals surface area contributed by atoms with Crippen molar-refractivity contribution in [3.8, 4) is 0 Å². The van der Waals surface area contributed by atoms with E-state index in [1.54, 1.807) is 99.7 Å². The minimum Gasteiger partial charge on any atom is -0.370 e. The zero-order valence-corrected chi connectivity index (χ0v) is 64.3. The fourth-order valence-corrected chi connectivity index (χ4v) is 11.2. The summed E-state index contributed by atoms with van der Waals surface area (Å²) < 4.78 is 0. The average Bonchev–Trinajstić information content (AvgIpc) is 1.60. The van der Waals surface area contributed by atoms with Crippen molar-refractivity contribution in [2.45, 2.75) is 239 Å². The Balaban J connectivity index is 2.53. The number of benzene rings is 1. The molecular weight excluding hydrogens is 1400 g/mol. The summed E-state index contributed by atoms with van der Waals surface area (Å²) in [4.78, 5) is 185. The smallest absolute Gasteiger partial charge is 0.243 e. The number of aromatic nitrogens is 1. The fourth-order valence-electron chi connectivity index (χ4n) is 11.2. The van der Waals surface area contributed by atoms with Crippen LogP contribution in [0.1, 0.15) is 165 Å². The summed E-state index contributed by atoms with van der Waals surface area (Å²) in [6, 6.07) is -8.77. The summed E-state index contributed by atoms with van der Waals surface area (Å²) in [6.07, 6.45) is 2.89. The van der Waals surface area contributed by atoms with Crippen molar-refractivity contribution in [3.63, 3.8) is 0 Å². The molecule has 32 N–H and O–H groups in total. The van der Waals surface area contributed by atoms with E-state index < -0.39 is 173 Å². The SMILES string of the molecule is CC[C@H](C)[C@H](NC(=O)[C@H](CCCNC(=N)N)NC(=O)[C@H](Cc1c[nH]c2ccccc12)NC(=O)[C@H](CCC(N)=O)NC(=O)[C@@H](N)C(C)C)C(=O)N[C@@H](CCCNC(=N)N)C(=O)N[C@H](C(=O)N[C@@H](C)C(=O)N[C@H](C(=O)N[C@H](C(=O)N[C@@H](CCCNC(=N)N)C(=O)N[C@@H](CCCCN)C(N)=O)[C@@H](C)CC)C(C)C)C(C)C. The van der Waals surface area contributed by atoms with Gasteiger partial charge in [0, 0.05) is 49.6 Å². The van der Waals surface area contributed by atoms with Gasteiger partial charge in [0.05, 0.1) is 6.04 Å². The third-order valence-electron chi connectivity index (χ3n) is 18.4. The molecule has 0 aliphatic heterocycles. The number of carbonyl (C=O) groups excluding carboxylic acids is 13. The number of H-pyrrole nitrogens is 1. The average molecular weight is 1520 g/mol. The normalized spacial score (nSPS) is 15.1. The molecular formula is C70H123N25O13. The lowest BCUT2D eigenvalue weighted by atomic mass is 9.95. The van der Waals surface area contributed by atoms with E-state index in [0.29, 0.717) is 42.3 Å². The van der Waals surface area contributed by atoms with Crippen LogP contribution in [-0.2, 0) is 68.7 Å². The standard InChI is InChI=1S/C70H123N25O13/c1-12-38(9)54(94-61(102)46(25-19-31-82-69(77)78)87-62(103)49(33-41-34-84-43-22-15-14-21-42(41)43)91-59(100)48(27-28-50(72)96)88-63(104)51(73)35(3)4)66(107)90-47(26-20-32-83-70(79)80)60(101)93-52(36(5)6)64(105)85-40(11)57(98)92-53(37(7)8)65(106)95-55(39(10)13-2)67(108)89-45(24-18-30-81-68(75)76)58(99)86-44(56(74)97)23-16-17-29-71/h14-15,21-22,34-40,44-49,51-55,84H,12-13,16-20,23-33,71,73H2,1-11H3,(H2,72,96)(H2,74,97)(H,85,105)(H,86,99)(H,87,103)(H,88,104)(H,89,108)(H,90,107)(H,91,100)(H,92,98)(H,93,101)(H,94,102)(H,95,106)(H4,75,76,81)(H4,77,78,82)(H4,79,80,83)/t38-,39-,40-,44-,45-,46-,47-,48-,49-,51-,52-,53-,54-,55-/m0/s1. The summed E-state index contributed by atoms with van der Waals surface area (Å²) in [6.45, 7) is 18.7. The first-order chi connectivity index (χ1) is 50.8. The first kappa shape index (κ1) is 93.7. The molecule has 13 amide bonds. The molecule has 14 atom stereocenters. The van der Waals surface area contributed by atoms with E-state index >= 15 is 0 Å². The van der Waals surface area contributed by atoms with Gasteiger partial charge in [-0.2, -0.15) is 0 Å². The van der Waals surface area contributed by atoms with E-state index in [-0.39, 0.29) is 114 Å². The molecule has 38 heteroatoms. The minimum absolute atomic E-state index is 0.00765. The number of nitrogens with two attached hydrogens (primary N) is 7. The first-order valence-electron chi connectivity index (χ1n) is 36.9. The van der Waals surface area contributed by atoms with Crippen molar-refractivity contribution in [1.29, 1.82) is 16.2 Å². The highest BCUT2D eigenvalue weighted by Gasteiger charge is 2.39. The Bertz CT molecular complexity index is 3370. The van der Waals surface area contributed by atoms with Crippen LogP contribution in [0, 0.1) is 45.8 Å². The maximum Gasteiger partial charge on any atom is 0.243 e. The molecule has 0 aliphatic carbocycles. The lowest BCUT2D eigenvalue weighted by molar-refractivity contribution is -0.137. The van der Waals surface area contributed by atoms with Crippen LogP contribution >= 0.6 is 0 Å². The van der Waals surface area contributed by atoms with E-state index in [4.69, 9.17) is 56.4 Å². The van der Waals surface area contributed by atoms with Gasteiger partial charge in [-0.05, 0) is 119 Å². The summed E-state index contributed by atoms with van der Waals surface area (Å²) in [5, 5.41) is 61.0. The van der Waals surface area contributed by atoms with Gasteiger partial charge in [-0.1, -0.05) is 100 Å². The van der Waals surface area contributed by atoms with Crippen LogP contribution < -0.4 is 115 Å². The molecule has 1 heterocycles. The van der Waals surface area contributed by atoms with Gasteiger partial charge in [0.1, 0.15) is 66.5 Å². The van der Waals surface area contributed by atoms with Crippen LogP contribution in [-0.4, -0.2) is 198 Å². The van der Waals surface area contributed by atoms with Crippen LogP contribution in [0.5, 0.6) is 0 Å². The second kappa shape index (κ2) is 48.0. The topological polar surface area (TPSA) is 660 Å². The number of amides is 13. The van der Waals surface area contributed by atoms with Crippen LogP contribution in [0.3, 0.4) is 0 Å². The number of hydrogen-bond acceptors (Lipinski definition) is 18. The van der Waals surface area contributed by atoms with Crippen molar-refractivity contribution in [1.82, 2.24) is 79.4 Å². The predicted octanol–water partition coefficient (Wildman–Crippen LogP) is -3.88. The number of fused-ring (bicyclic) bond motifs is 1. The zero-order valence-electron chi connectivity index (χ0n) is 64.3. The number of nitrogens with one attached hydrogen (secondary N) is 18. The number of hydrogen-bond donors (Lipinski definition) is 25. The molecule has 2 aromatic rings. The Morgan fingerprint density at radius 1 is 0.407 bits per heavy atom. The molecule has 0 saturated heterocycles. The summed E-state index contributed by atoms with van der Waals surface area (Å²) in [5.74, 6) is -14.6. The van der Waals surface area contributed by atoms with Crippen LogP contribution in [0.2, 0.25) is 0 Å². The highest BCUT2D eigenvalue weighted by atomic mass is 16.2. The number of aromatic amines is 1. The van der Waals surface area contributed by atoms with Gasteiger partial charge in [-0.3, -0.25) is 78.6 Å². The maximum atomic E-state index is 14.9. The Hall–Kier alpha value is -10.4.